The van der Waals surface area contributed by atoms with Gasteiger partial charge in [-0.15, -0.1) is 11.3 Å². The Labute approximate surface area is 117 Å². The molecular formula is C15H19FN2S. The third-order valence-electron chi connectivity index (χ3n) is 3.40. The Bertz CT molecular complexity index is 537. The Hall–Kier alpha value is -1.26. The van der Waals surface area contributed by atoms with Crippen LogP contribution in [0.1, 0.15) is 41.9 Å². The van der Waals surface area contributed by atoms with Gasteiger partial charge in [0.25, 0.3) is 0 Å². The van der Waals surface area contributed by atoms with Gasteiger partial charge in [-0.2, -0.15) is 0 Å². The van der Waals surface area contributed by atoms with Crippen molar-refractivity contribution in [1.82, 2.24) is 4.98 Å². The number of thiazole rings is 1. The second kappa shape index (κ2) is 5.39. The summed E-state index contributed by atoms with van der Waals surface area (Å²) in [7, 11) is 0. The van der Waals surface area contributed by atoms with Gasteiger partial charge >= 0.3 is 0 Å². The molecule has 0 atom stereocenters. The number of aryl methyl sites for hydroxylation is 1. The minimum absolute atomic E-state index is 0.212. The fraction of sp³-hybridized carbons (Fsp3) is 0.400. The van der Waals surface area contributed by atoms with E-state index in [1.54, 1.807) is 11.3 Å². The highest BCUT2D eigenvalue weighted by Gasteiger charge is 2.27. The van der Waals surface area contributed by atoms with E-state index >= 15 is 0 Å². The number of nitrogens with two attached hydrogens (primary N) is 1. The van der Waals surface area contributed by atoms with E-state index in [2.05, 4.69) is 20.8 Å². The van der Waals surface area contributed by atoms with Gasteiger partial charge in [0.2, 0.25) is 0 Å². The van der Waals surface area contributed by atoms with E-state index in [1.165, 1.54) is 12.1 Å². The van der Waals surface area contributed by atoms with Crippen molar-refractivity contribution in [3.8, 4) is 0 Å². The van der Waals surface area contributed by atoms with Crippen molar-refractivity contribution in [3.05, 3.63) is 51.2 Å². The van der Waals surface area contributed by atoms with Crippen LogP contribution in [0.2, 0.25) is 0 Å². The molecule has 1 aromatic carbocycles. The monoisotopic (exact) mass is 278 g/mol. The number of nitrogens with zero attached hydrogens (tertiary/aromatic N) is 1. The van der Waals surface area contributed by atoms with Crippen LogP contribution in [0.5, 0.6) is 0 Å². The molecule has 102 valence electrons. The lowest BCUT2D eigenvalue weighted by Gasteiger charge is -2.22. The molecule has 0 saturated heterocycles. The Morgan fingerprint density at radius 2 is 1.89 bits per heavy atom. The normalized spacial score (nSPS) is 11.8. The van der Waals surface area contributed by atoms with Crippen LogP contribution < -0.4 is 5.73 Å². The van der Waals surface area contributed by atoms with Crippen molar-refractivity contribution in [3.63, 3.8) is 0 Å². The molecule has 4 heteroatoms. The number of hydrogen-bond acceptors (Lipinski definition) is 3. The zero-order valence-electron chi connectivity index (χ0n) is 11.5. The van der Waals surface area contributed by atoms with Crippen LogP contribution in [0.3, 0.4) is 0 Å². The van der Waals surface area contributed by atoms with Gasteiger partial charge in [-0.25, -0.2) is 9.37 Å². The molecule has 2 aromatic rings. The van der Waals surface area contributed by atoms with E-state index in [4.69, 9.17) is 10.7 Å². The number of rotatable bonds is 4. The van der Waals surface area contributed by atoms with Crippen LogP contribution in [0, 0.1) is 5.82 Å². The van der Waals surface area contributed by atoms with E-state index in [0.29, 0.717) is 6.54 Å². The van der Waals surface area contributed by atoms with Gasteiger partial charge in [0.15, 0.2) is 0 Å². The van der Waals surface area contributed by atoms with Gasteiger partial charge in [-0.3, -0.25) is 0 Å². The highest BCUT2D eigenvalue weighted by molar-refractivity contribution is 7.11. The summed E-state index contributed by atoms with van der Waals surface area (Å²) in [5, 5.41) is 1.04. The maximum absolute atomic E-state index is 13.0. The molecule has 0 fully saturated rings. The molecule has 0 bridgehead atoms. The number of halogens is 1. The predicted molar refractivity (Wildman–Crippen MR) is 77.9 cm³/mol. The molecule has 0 aliphatic rings. The second-order valence-electron chi connectivity index (χ2n) is 5.08. The van der Waals surface area contributed by atoms with Gasteiger partial charge in [-0.05, 0) is 38.0 Å². The maximum atomic E-state index is 13.0. The average Bonchev–Trinajstić information content (AvgIpc) is 2.83. The van der Waals surface area contributed by atoms with Gasteiger partial charge in [0.1, 0.15) is 10.8 Å². The lowest BCUT2D eigenvalue weighted by atomic mass is 9.85. The van der Waals surface area contributed by atoms with E-state index < -0.39 is 0 Å². The van der Waals surface area contributed by atoms with Crippen molar-refractivity contribution in [2.75, 3.05) is 0 Å². The quantitative estimate of drug-likeness (QED) is 0.927. The lowest BCUT2D eigenvalue weighted by molar-refractivity contribution is 0.610. The fourth-order valence-electron chi connectivity index (χ4n) is 2.08. The van der Waals surface area contributed by atoms with E-state index in [1.807, 2.05) is 12.1 Å². The molecule has 0 unspecified atom stereocenters. The average molecular weight is 278 g/mol. The van der Waals surface area contributed by atoms with E-state index in [0.717, 1.165) is 27.6 Å². The van der Waals surface area contributed by atoms with Crippen molar-refractivity contribution in [2.45, 2.75) is 39.2 Å². The first-order valence-corrected chi connectivity index (χ1v) is 7.25. The number of aromatic nitrogens is 1. The molecule has 0 radical (unpaired) electrons. The van der Waals surface area contributed by atoms with Gasteiger partial charge < -0.3 is 5.73 Å². The Morgan fingerprint density at radius 1 is 1.26 bits per heavy atom. The third-order valence-corrected chi connectivity index (χ3v) is 4.84. The van der Waals surface area contributed by atoms with Crippen LogP contribution in [0.4, 0.5) is 4.39 Å². The van der Waals surface area contributed by atoms with Gasteiger partial charge in [0.05, 0.1) is 5.69 Å². The minimum Gasteiger partial charge on any atom is -0.326 e. The third kappa shape index (κ3) is 2.69. The summed E-state index contributed by atoms with van der Waals surface area (Å²) < 4.78 is 13.0. The number of hydrogen-bond donors (Lipinski definition) is 1. The van der Waals surface area contributed by atoms with Crippen molar-refractivity contribution >= 4 is 11.3 Å². The van der Waals surface area contributed by atoms with Crippen molar-refractivity contribution in [2.24, 2.45) is 5.73 Å². The predicted octanol–water partition coefficient (Wildman–Crippen LogP) is 3.63. The molecule has 1 aromatic heterocycles. The van der Waals surface area contributed by atoms with Crippen molar-refractivity contribution in [1.29, 1.82) is 0 Å². The first-order chi connectivity index (χ1) is 8.98. The molecule has 1 heterocycles. The first-order valence-electron chi connectivity index (χ1n) is 6.44. The summed E-state index contributed by atoms with van der Waals surface area (Å²) in [6, 6.07) is 6.64. The fourth-order valence-corrected chi connectivity index (χ4v) is 3.23. The van der Waals surface area contributed by atoms with Gasteiger partial charge in [0, 0.05) is 16.8 Å². The molecular weight excluding hydrogens is 259 g/mol. The lowest BCUT2D eigenvalue weighted by Crippen LogP contribution is -2.18. The minimum atomic E-state index is -0.226. The van der Waals surface area contributed by atoms with Crippen molar-refractivity contribution < 1.29 is 4.39 Å². The molecule has 2 N–H and O–H groups in total. The SMILES string of the molecule is CCc1nc(C(C)(C)c2ccc(F)cc2)sc1CN. The van der Waals surface area contributed by atoms with Crippen LogP contribution in [-0.2, 0) is 18.4 Å². The topological polar surface area (TPSA) is 38.9 Å². The van der Waals surface area contributed by atoms with E-state index in [9.17, 15) is 4.39 Å². The standard InChI is InChI=1S/C15H19FN2S/c1-4-12-13(9-17)19-14(18-12)15(2,3)10-5-7-11(16)8-6-10/h5-8H,4,9,17H2,1-3H3. The Morgan fingerprint density at radius 3 is 2.37 bits per heavy atom. The molecule has 0 aliphatic heterocycles. The largest absolute Gasteiger partial charge is 0.326 e. The molecule has 0 aliphatic carbocycles. The maximum Gasteiger partial charge on any atom is 0.123 e. The summed E-state index contributed by atoms with van der Waals surface area (Å²) in [5.41, 5.74) is 7.68. The molecule has 2 rings (SSSR count). The van der Waals surface area contributed by atoms with Crippen LogP contribution >= 0.6 is 11.3 Å². The highest BCUT2D eigenvalue weighted by atomic mass is 32.1. The Balaban J connectivity index is 2.43. The first kappa shape index (κ1) is 14.2. The molecule has 0 amide bonds. The zero-order valence-corrected chi connectivity index (χ0v) is 12.4. The molecule has 0 spiro atoms. The molecule has 0 saturated carbocycles. The highest BCUT2D eigenvalue weighted by Crippen LogP contribution is 2.35. The number of benzene rings is 1. The summed E-state index contributed by atoms with van der Waals surface area (Å²) in [5.74, 6) is -0.212. The second-order valence-corrected chi connectivity index (χ2v) is 6.16. The zero-order chi connectivity index (χ0) is 14.0. The van der Waals surface area contributed by atoms with Crippen LogP contribution in [-0.4, -0.2) is 4.98 Å². The van der Waals surface area contributed by atoms with Gasteiger partial charge in [-0.1, -0.05) is 19.1 Å². The summed E-state index contributed by atoms with van der Waals surface area (Å²) in [4.78, 5) is 5.86. The van der Waals surface area contributed by atoms with Crippen LogP contribution in [0.15, 0.2) is 24.3 Å². The summed E-state index contributed by atoms with van der Waals surface area (Å²) in [6.07, 6.45) is 0.891. The Kier molecular flexibility index (Phi) is 4.02. The van der Waals surface area contributed by atoms with E-state index in [-0.39, 0.29) is 11.2 Å². The summed E-state index contributed by atoms with van der Waals surface area (Å²) >= 11 is 1.66. The summed E-state index contributed by atoms with van der Waals surface area (Å²) in [6.45, 7) is 6.83. The smallest absolute Gasteiger partial charge is 0.123 e. The molecule has 2 nitrogen and oxygen atoms in total. The van der Waals surface area contributed by atoms with Crippen LogP contribution in [0.25, 0.3) is 0 Å². The molecule has 19 heavy (non-hydrogen) atoms.